The fourth-order valence-corrected chi connectivity index (χ4v) is 2.30. The number of rotatable bonds is 13. The topological polar surface area (TPSA) is 73.8 Å². The molecule has 0 aromatic carbocycles. The minimum atomic E-state index is -0.541. The highest BCUT2D eigenvalue weighted by atomic mass is 16.9. The van der Waals surface area contributed by atoms with Crippen molar-refractivity contribution in [1.29, 1.82) is 0 Å². The average Bonchev–Trinajstić information content (AvgIpc) is 3.20. The Morgan fingerprint density at radius 3 is 1.62 bits per heavy atom. The van der Waals surface area contributed by atoms with Gasteiger partial charge in [0.05, 0.1) is 26.4 Å². The van der Waals surface area contributed by atoms with Gasteiger partial charge in [0.2, 0.25) is 0 Å². The minimum absolute atomic E-state index is 0.0457. The van der Waals surface area contributed by atoms with Gasteiger partial charge < -0.3 is 37.9 Å². The summed E-state index contributed by atoms with van der Waals surface area (Å²) in [5, 5.41) is 0. The Morgan fingerprint density at radius 1 is 0.750 bits per heavy atom. The first-order chi connectivity index (χ1) is 11.8. The summed E-state index contributed by atoms with van der Waals surface area (Å²) in [6, 6.07) is 0. The van der Waals surface area contributed by atoms with E-state index in [0.717, 1.165) is 12.8 Å². The molecule has 0 amide bonds. The molecular formula is C16H30O8. The number of unbranched alkanes of at least 4 members (excludes halogenated alkanes) is 1. The molecule has 0 bridgehead atoms. The zero-order chi connectivity index (χ0) is 17.0. The maximum Gasteiger partial charge on any atom is 0.272 e. The molecule has 0 N–H and O–H groups in total. The molecule has 2 heterocycles. The van der Waals surface area contributed by atoms with Crippen LogP contribution in [0.2, 0.25) is 0 Å². The van der Waals surface area contributed by atoms with E-state index in [4.69, 9.17) is 37.9 Å². The Labute approximate surface area is 143 Å². The molecule has 8 heteroatoms. The maximum atomic E-state index is 5.59. The van der Waals surface area contributed by atoms with Gasteiger partial charge in [-0.3, -0.25) is 0 Å². The Kier molecular flexibility index (Phi) is 10.1. The summed E-state index contributed by atoms with van der Waals surface area (Å²) in [6.07, 6.45) is 1.78. The molecule has 0 spiro atoms. The van der Waals surface area contributed by atoms with E-state index in [9.17, 15) is 0 Å². The monoisotopic (exact) mass is 350 g/mol. The average molecular weight is 350 g/mol. The van der Waals surface area contributed by atoms with Crippen LogP contribution >= 0.6 is 0 Å². The Morgan fingerprint density at radius 2 is 1.21 bits per heavy atom. The summed E-state index contributed by atoms with van der Waals surface area (Å²) in [7, 11) is 0. The third kappa shape index (κ3) is 7.71. The van der Waals surface area contributed by atoms with Crippen LogP contribution in [-0.2, 0) is 37.9 Å². The minimum Gasteiger partial charge on any atom is -0.379 e. The van der Waals surface area contributed by atoms with Gasteiger partial charge in [0.25, 0.3) is 13.0 Å². The van der Waals surface area contributed by atoms with Gasteiger partial charge in [-0.05, 0) is 26.7 Å². The molecule has 0 aliphatic carbocycles. The number of hydrogen-bond donors (Lipinski definition) is 0. The second-order valence-corrected chi connectivity index (χ2v) is 5.53. The predicted octanol–water partition coefficient (Wildman–Crippen LogP) is 1.27. The zero-order valence-electron chi connectivity index (χ0n) is 14.6. The van der Waals surface area contributed by atoms with Crippen LogP contribution in [-0.4, -0.2) is 78.0 Å². The van der Waals surface area contributed by atoms with E-state index >= 15 is 0 Å². The van der Waals surface area contributed by atoms with Crippen LogP contribution in [0.1, 0.15) is 26.7 Å². The summed E-state index contributed by atoms with van der Waals surface area (Å²) in [4.78, 5) is 0. The van der Waals surface area contributed by atoms with E-state index in [2.05, 4.69) is 0 Å². The number of hydrogen-bond acceptors (Lipinski definition) is 8. The lowest BCUT2D eigenvalue weighted by Crippen LogP contribution is -2.21. The van der Waals surface area contributed by atoms with Gasteiger partial charge in [-0.15, -0.1) is 0 Å². The third-order valence-electron chi connectivity index (χ3n) is 3.48. The van der Waals surface area contributed by atoms with Crippen molar-refractivity contribution >= 4 is 0 Å². The van der Waals surface area contributed by atoms with E-state index < -0.39 is 13.0 Å². The molecule has 8 nitrogen and oxygen atoms in total. The van der Waals surface area contributed by atoms with Crippen molar-refractivity contribution in [2.75, 3.05) is 52.9 Å². The highest BCUT2D eigenvalue weighted by Gasteiger charge is 2.27. The molecule has 2 aliphatic rings. The van der Waals surface area contributed by atoms with Crippen LogP contribution in [0.3, 0.4) is 0 Å². The highest BCUT2D eigenvalue weighted by Crippen LogP contribution is 2.14. The second-order valence-electron chi connectivity index (χ2n) is 5.53. The van der Waals surface area contributed by atoms with Gasteiger partial charge in [0.15, 0.2) is 0 Å². The first-order valence-electron chi connectivity index (χ1n) is 8.74. The van der Waals surface area contributed by atoms with Gasteiger partial charge in [0.1, 0.15) is 12.2 Å². The van der Waals surface area contributed by atoms with E-state index in [1.807, 2.05) is 13.8 Å². The largest absolute Gasteiger partial charge is 0.379 e. The SMILES string of the molecule is CCOC1OCC(COCCCCOCC2CO[C@@H](OCC)O2)O1. The first-order valence-corrected chi connectivity index (χ1v) is 8.74. The van der Waals surface area contributed by atoms with E-state index in [-0.39, 0.29) is 12.2 Å². The van der Waals surface area contributed by atoms with Crippen molar-refractivity contribution in [3.05, 3.63) is 0 Å². The van der Waals surface area contributed by atoms with Crippen molar-refractivity contribution in [3.63, 3.8) is 0 Å². The normalized spacial score (nSPS) is 30.2. The van der Waals surface area contributed by atoms with Crippen LogP contribution in [0.4, 0.5) is 0 Å². The van der Waals surface area contributed by atoms with Crippen LogP contribution in [0.5, 0.6) is 0 Å². The van der Waals surface area contributed by atoms with Crippen molar-refractivity contribution in [2.45, 2.75) is 51.8 Å². The third-order valence-corrected chi connectivity index (χ3v) is 3.48. The molecule has 24 heavy (non-hydrogen) atoms. The smallest absolute Gasteiger partial charge is 0.272 e. The standard InChI is InChI=1S/C16H30O8/c1-3-19-15-21-11-13(23-15)9-17-7-5-6-8-18-10-14-12-22-16(24-14)20-4-2/h13-16H,3-12H2,1-2H3/t13?,14?,15-,16?/m1/s1. The molecule has 3 unspecified atom stereocenters. The predicted molar refractivity (Wildman–Crippen MR) is 83.4 cm³/mol. The van der Waals surface area contributed by atoms with Crippen molar-refractivity contribution in [1.82, 2.24) is 0 Å². The lowest BCUT2D eigenvalue weighted by atomic mass is 10.3. The summed E-state index contributed by atoms with van der Waals surface area (Å²) in [5.74, 6) is 0. The lowest BCUT2D eigenvalue weighted by molar-refractivity contribution is -0.237. The van der Waals surface area contributed by atoms with Crippen LogP contribution in [0.15, 0.2) is 0 Å². The van der Waals surface area contributed by atoms with Crippen LogP contribution in [0.25, 0.3) is 0 Å². The molecule has 0 radical (unpaired) electrons. The molecule has 2 fully saturated rings. The van der Waals surface area contributed by atoms with Crippen LogP contribution in [0, 0.1) is 0 Å². The molecular weight excluding hydrogens is 320 g/mol. The van der Waals surface area contributed by atoms with E-state index in [1.165, 1.54) is 0 Å². The second kappa shape index (κ2) is 12.1. The molecule has 142 valence electrons. The summed E-state index contributed by atoms with van der Waals surface area (Å²) >= 11 is 0. The fraction of sp³-hybridized carbons (Fsp3) is 1.00. The van der Waals surface area contributed by atoms with Crippen molar-refractivity contribution in [2.24, 2.45) is 0 Å². The summed E-state index contributed by atoms with van der Waals surface area (Å²) < 4.78 is 43.2. The first kappa shape index (κ1) is 20.0. The van der Waals surface area contributed by atoms with E-state index in [0.29, 0.717) is 52.9 Å². The Hall–Kier alpha value is -0.320. The summed E-state index contributed by atoms with van der Waals surface area (Å²) in [5.41, 5.74) is 0. The van der Waals surface area contributed by atoms with Crippen molar-refractivity contribution < 1.29 is 37.9 Å². The number of ether oxygens (including phenoxy) is 8. The zero-order valence-corrected chi connectivity index (χ0v) is 14.6. The van der Waals surface area contributed by atoms with Gasteiger partial charge in [-0.1, -0.05) is 0 Å². The molecule has 0 saturated carbocycles. The van der Waals surface area contributed by atoms with Crippen molar-refractivity contribution in [3.8, 4) is 0 Å². The molecule has 2 saturated heterocycles. The quantitative estimate of drug-likeness (QED) is 0.460. The maximum absolute atomic E-state index is 5.59. The van der Waals surface area contributed by atoms with Crippen LogP contribution < -0.4 is 0 Å². The van der Waals surface area contributed by atoms with Gasteiger partial charge >= 0.3 is 0 Å². The Bertz CT molecular complexity index is 286. The van der Waals surface area contributed by atoms with Gasteiger partial charge in [-0.25, -0.2) is 0 Å². The van der Waals surface area contributed by atoms with Gasteiger partial charge in [0, 0.05) is 26.4 Å². The Balaban J connectivity index is 1.35. The highest BCUT2D eigenvalue weighted by molar-refractivity contribution is 4.61. The summed E-state index contributed by atoms with van der Waals surface area (Å²) in [6.45, 7) is 7.31. The molecule has 4 atom stereocenters. The lowest BCUT2D eigenvalue weighted by Gasteiger charge is -2.12. The van der Waals surface area contributed by atoms with Gasteiger partial charge in [-0.2, -0.15) is 0 Å². The molecule has 2 rings (SSSR count). The fourth-order valence-electron chi connectivity index (χ4n) is 2.30. The molecule has 2 aliphatic heterocycles. The van der Waals surface area contributed by atoms with E-state index in [1.54, 1.807) is 0 Å². The molecule has 0 aromatic rings. The molecule has 0 aromatic heterocycles.